The lowest BCUT2D eigenvalue weighted by Crippen LogP contribution is -2.30. The second-order valence-corrected chi connectivity index (χ2v) is 3.20. The zero-order chi connectivity index (χ0) is 7.40. The van der Waals surface area contributed by atoms with Gasteiger partial charge in [0.15, 0.2) is 0 Å². The average molecular weight is 161 g/mol. The normalized spacial score (nSPS) is 17.9. The molecule has 0 aromatic rings. The smallest absolute Gasteiger partial charge is 0.249 e. The number of rotatable bonds is 2. The molecule has 10 heavy (non-hydrogen) atoms. The lowest BCUT2D eigenvalue weighted by molar-refractivity contribution is -0.133. The Hall–Kier alpha value is -0.220. The molecule has 0 aliphatic carbocycles. The number of carbonyl (C=O) groups is 1. The van der Waals surface area contributed by atoms with Crippen molar-refractivity contribution < 1.29 is 9.53 Å². The van der Waals surface area contributed by atoms with Gasteiger partial charge in [0.1, 0.15) is 6.61 Å². The second-order valence-electron chi connectivity index (χ2n) is 2.13. The van der Waals surface area contributed by atoms with E-state index in [0.717, 1.165) is 18.2 Å². The summed E-state index contributed by atoms with van der Waals surface area (Å²) in [5, 5.41) is 0. The summed E-state index contributed by atoms with van der Waals surface area (Å²) < 4.78 is 4.72. The summed E-state index contributed by atoms with van der Waals surface area (Å²) >= 11 is 1.79. The van der Waals surface area contributed by atoms with Crippen molar-refractivity contribution in [2.24, 2.45) is 0 Å². The van der Waals surface area contributed by atoms with Gasteiger partial charge in [0.25, 0.3) is 0 Å². The number of carbonyl (C=O) groups excluding carboxylic acids is 1. The molecule has 0 unspecified atom stereocenters. The number of methoxy groups -OCH3 is 1. The van der Waals surface area contributed by atoms with Gasteiger partial charge in [-0.25, -0.2) is 0 Å². The molecule has 1 aliphatic rings. The summed E-state index contributed by atoms with van der Waals surface area (Å²) in [4.78, 5) is 12.8. The molecule has 1 rings (SSSR count). The quantitative estimate of drug-likeness (QED) is 0.578. The summed E-state index contributed by atoms with van der Waals surface area (Å²) in [7, 11) is 1.54. The molecule has 3 nitrogen and oxygen atoms in total. The van der Waals surface area contributed by atoms with Crippen LogP contribution >= 0.6 is 11.8 Å². The Balaban J connectivity index is 2.25. The van der Waals surface area contributed by atoms with E-state index in [-0.39, 0.29) is 12.5 Å². The van der Waals surface area contributed by atoms with E-state index in [4.69, 9.17) is 4.74 Å². The third kappa shape index (κ3) is 1.88. The first-order chi connectivity index (χ1) is 4.84. The lowest BCUT2D eigenvalue weighted by Gasteiger charge is -2.12. The zero-order valence-electron chi connectivity index (χ0n) is 6.00. The number of hydrogen-bond acceptors (Lipinski definition) is 3. The van der Waals surface area contributed by atoms with E-state index in [9.17, 15) is 4.79 Å². The summed E-state index contributed by atoms with van der Waals surface area (Å²) in [5.41, 5.74) is 0. The maximum absolute atomic E-state index is 11.0. The Labute approximate surface area is 64.7 Å². The minimum absolute atomic E-state index is 0.104. The van der Waals surface area contributed by atoms with Crippen molar-refractivity contribution in [3.05, 3.63) is 0 Å². The van der Waals surface area contributed by atoms with Gasteiger partial charge in [-0.15, -0.1) is 11.8 Å². The number of amides is 1. The molecule has 1 fully saturated rings. The summed E-state index contributed by atoms with van der Waals surface area (Å²) in [6.45, 7) is 1.10. The minimum Gasteiger partial charge on any atom is -0.375 e. The molecule has 1 amide bonds. The topological polar surface area (TPSA) is 29.5 Å². The van der Waals surface area contributed by atoms with E-state index < -0.39 is 0 Å². The van der Waals surface area contributed by atoms with E-state index >= 15 is 0 Å². The fourth-order valence-electron chi connectivity index (χ4n) is 0.825. The molecule has 0 bridgehead atoms. The van der Waals surface area contributed by atoms with Gasteiger partial charge < -0.3 is 9.64 Å². The molecule has 1 heterocycles. The Kier molecular flexibility index (Phi) is 3.02. The van der Waals surface area contributed by atoms with E-state index in [1.165, 1.54) is 0 Å². The highest BCUT2D eigenvalue weighted by Gasteiger charge is 2.17. The van der Waals surface area contributed by atoms with Crippen LogP contribution in [0.15, 0.2) is 0 Å². The molecule has 0 aromatic carbocycles. The summed E-state index contributed by atoms with van der Waals surface area (Å²) in [6.07, 6.45) is 0. The Morgan fingerprint density at radius 2 is 2.60 bits per heavy atom. The van der Waals surface area contributed by atoms with Crippen molar-refractivity contribution in [1.29, 1.82) is 0 Å². The van der Waals surface area contributed by atoms with Crippen molar-refractivity contribution >= 4 is 17.7 Å². The molecule has 0 atom stereocenters. The molecule has 0 aromatic heterocycles. The van der Waals surface area contributed by atoms with Crippen LogP contribution in [0.2, 0.25) is 0 Å². The van der Waals surface area contributed by atoms with Crippen LogP contribution in [0.3, 0.4) is 0 Å². The predicted octanol–water partition coefficient (Wildman–Crippen LogP) is 0.166. The van der Waals surface area contributed by atoms with Gasteiger partial charge >= 0.3 is 0 Å². The molecule has 1 aliphatic heterocycles. The van der Waals surface area contributed by atoms with E-state index in [1.54, 1.807) is 18.9 Å². The molecule has 58 valence electrons. The first-order valence-electron chi connectivity index (χ1n) is 3.19. The van der Waals surface area contributed by atoms with Crippen LogP contribution in [0, 0.1) is 0 Å². The molecule has 4 heteroatoms. The van der Waals surface area contributed by atoms with E-state index in [0.29, 0.717) is 0 Å². The fourth-order valence-corrected chi connectivity index (χ4v) is 1.80. The maximum Gasteiger partial charge on any atom is 0.249 e. The predicted molar refractivity (Wildman–Crippen MR) is 40.9 cm³/mol. The van der Waals surface area contributed by atoms with Gasteiger partial charge in [-0.3, -0.25) is 4.79 Å². The first-order valence-corrected chi connectivity index (χ1v) is 4.34. The summed E-state index contributed by atoms with van der Waals surface area (Å²) in [6, 6.07) is 0. The van der Waals surface area contributed by atoms with Crippen molar-refractivity contribution in [3.63, 3.8) is 0 Å². The van der Waals surface area contributed by atoms with Crippen LogP contribution in [-0.2, 0) is 9.53 Å². The van der Waals surface area contributed by atoms with E-state index in [2.05, 4.69) is 0 Å². The van der Waals surface area contributed by atoms with Crippen molar-refractivity contribution in [2.75, 3.05) is 31.9 Å². The second kappa shape index (κ2) is 3.83. The molecular weight excluding hydrogens is 150 g/mol. The van der Waals surface area contributed by atoms with Crippen LogP contribution in [0.1, 0.15) is 0 Å². The SMILES string of the molecule is COCC(=O)N1CCSC1. The average Bonchev–Trinajstić information content (AvgIpc) is 2.38. The monoisotopic (exact) mass is 161 g/mol. The van der Waals surface area contributed by atoms with Crippen LogP contribution in [0.25, 0.3) is 0 Å². The van der Waals surface area contributed by atoms with Crippen molar-refractivity contribution in [3.8, 4) is 0 Å². The van der Waals surface area contributed by atoms with Crippen molar-refractivity contribution in [1.82, 2.24) is 4.90 Å². The standard InChI is InChI=1S/C6H11NO2S/c1-9-4-6(8)7-2-3-10-5-7/h2-5H2,1H3. The fraction of sp³-hybridized carbons (Fsp3) is 0.833. The molecule has 0 radical (unpaired) electrons. The van der Waals surface area contributed by atoms with Gasteiger partial charge in [-0.2, -0.15) is 0 Å². The van der Waals surface area contributed by atoms with E-state index in [1.807, 2.05) is 4.90 Å². The van der Waals surface area contributed by atoms with Crippen LogP contribution in [0.4, 0.5) is 0 Å². The number of thioether (sulfide) groups is 1. The molecule has 1 saturated heterocycles. The van der Waals surface area contributed by atoms with Crippen LogP contribution < -0.4 is 0 Å². The summed E-state index contributed by atoms with van der Waals surface area (Å²) in [5.74, 6) is 2.00. The molecule has 0 saturated carbocycles. The molecular formula is C6H11NO2S. The third-order valence-corrected chi connectivity index (χ3v) is 2.34. The van der Waals surface area contributed by atoms with Gasteiger partial charge in [0.2, 0.25) is 5.91 Å². The zero-order valence-corrected chi connectivity index (χ0v) is 6.82. The third-order valence-electron chi connectivity index (χ3n) is 1.37. The van der Waals surface area contributed by atoms with Gasteiger partial charge in [0, 0.05) is 19.4 Å². The molecule has 0 N–H and O–H groups in total. The minimum atomic E-state index is 0.104. The highest BCUT2D eigenvalue weighted by atomic mass is 32.2. The number of nitrogens with zero attached hydrogens (tertiary/aromatic N) is 1. The highest BCUT2D eigenvalue weighted by molar-refractivity contribution is 7.99. The van der Waals surface area contributed by atoms with Crippen molar-refractivity contribution in [2.45, 2.75) is 0 Å². The number of hydrogen-bond donors (Lipinski definition) is 0. The van der Waals surface area contributed by atoms with Gasteiger partial charge in [0.05, 0.1) is 5.88 Å². The molecule has 0 spiro atoms. The first kappa shape index (κ1) is 7.88. The van der Waals surface area contributed by atoms with Crippen LogP contribution in [-0.4, -0.2) is 42.7 Å². The lowest BCUT2D eigenvalue weighted by atomic mass is 10.5. The largest absolute Gasteiger partial charge is 0.375 e. The Morgan fingerprint density at radius 1 is 1.80 bits per heavy atom. The maximum atomic E-state index is 11.0. The van der Waals surface area contributed by atoms with Crippen LogP contribution in [0.5, 0.6) is 0 Å². The Bertz CT molecular complexity index is 123. The highest BCUT2D eigenvalue weighted by Crippen LogP contribution is 2.12. The number of ether oxygens (including phenoxy) is 1. The Morgan fingerprint density at radius 3 is 3.10 bits per heavy atom. The van der Waals surface area contributed by atoms with Gasteiger partial charge in [-0.05, 0) is 0 Å². The van der Waals surface area contributed by atoms with Gasteiger partial charge in [-0.1, -0.05) is 0 Å².